The number of pyridine rings is 1. The van der Waals surface area contributed by atoms with Crippen LogP contribution in [0.15, 0.2) is 33.7 Å². The third kappa shape index (κ3) is 12.8. The fourth-order valence-corrected chi connectivity index (χ4v) is 10.6. The maximum Gasteiger partial charge on any atom is 0.351 e. The molecule has 17 nitrogen and oxygen atoms in total. The molecule has 3 N–H and O–H groups in total. The van der Waals surface area contributed by atoms with E-state index in [4.69, 9.17) is 39.1 Å². The second-order valence-electron chi connectivity index (χ2n) is 19.1. The minimum Gasteiger partial charge on any atom is -0.457 e. The van der Waals surface area contributed by atoms with E-state index >= 15 is 4.39 Å². The summed E-state index contributed by atoms with van der Waals surface area (Å²) in [5.74, 6) is -6.54. The zero-order chi connectivity index (χ0) is 49.6. The number of ether oxygens (including phenoxy) is 6. The van der Waals surface area contributed by atoms with Crippen molar-refractivity contribution < 1.29 is 57.1 Å². The van der Waals surface area contributed by atoms with Crippen LogP contribution in [0.1, 0.15) is 113 Å². The molecule has 2 aromatic rings. The molecule has 3 fully saturated rings. The van der Waals surface area contributed by atoms with Gasteiger partial charge in [-0.15, -0.1) is 11.3 Å². The molecule has 1 amide bonds. The van der Waals surface area contributed by atoms with Gasteiger partial charge in [-0.2, -0.15) is 0 Å². The molecule has 67 heavy (non-hydrogen) atoms. The van der Waals surface area contributed by atoms with Crippen molar-refractivity contribution in [3.05, 3.63) is 29.4 Å². The van der Waals surface area contributed by atoms with Crippen molar-refractivity contribution in [1.82, 2.24) is 14.9 Å². The van der Waals surface area contributed by atoms with Crippen LogP contribution in [-0.2, 0) is 54.2 Å². The SMILES string of the molecule is CCC(=O)/N=C1\[C@H](C)C[C@@]2(C)OC/C(=N/COCc3ccc(-c4nc(N)cs4)cn3)CC[C@H]([C@H]1C)[C@](C)(O)[C@@H](CC)OC(=O)[C@@](C)(F)C(=O)[C@H](C)[C@H]2O[C@@H]1O[C@H](C)C[C@H](N(C)C)[C@H]1OC(C)=O. The molecule has 3 aliphatic heterocycles. The van der Waals surface area contributed by atoms with Gasteiger partial charge in [0.05, 0.1) is 42.8 Å². The number of alkyl halides is 1. The summed E-state index contributed by atoms with van der Waals surface area (Å²) >= 11 is 1.42. The van der Waals surface area contributed by atoms with Crippen LogP contribution in [0.2, 0.25) is 0 Å². The van der Waals surface area contributed by atoms with Gasteiger partial charge in [0.15, 0.2) is 18.2 Å². The molecular formula is C48H71FN6O11S. The van der Waals surface area contributed by atoms with Crippen LogP contribution in [-0.4, -0.2) is 136 Å². The predicted molar refractivity (Wildman–Crippen MR) is 251 cm³/mol. The number of nitrogens with two attached hydrogens (primary N) is 1. The molecule has 0 aliphatic carbocycles. The number of nitrogens with zero attached hydrogens (tertiary/aromatic N) is 5. The zero-order valence-electron chi connectivity index (χ0n) is 41.1. The number of thiazole rings is 1. The number of aromatic nitrogens is 2. The Balaban J connectivity index is 1.65. The Morgan fingerprint density at radius 2 is 1.82 bits per heavy atom. The average Bonchev–Trinajstić information content (AvgIpc) is 3.71. The maximum absolute atomic E-state index is 17.1. The predicted octanol–water partition coefficient (Wildman–Crippen LogP) is 6.33. The number of Topliss-reactive ketones (excluding diaryl/α,β-unsaturated/α-hetero) is 1. The Kier molecular flexibility index (Phi) is 18.1. The van der Waals surface area contributed by atoms with Gasteiger partial charge in [0, 0.05) is 53.7 Å². The van der Waals surface area contributed by atoms with Gasteiger partial charge in [-0.25, -0.2) is 19.2 Å². The van der Waals surface area contributed by atoms with E-state index in [0.717, 1.165) is 17.5 Å². The van der Waals surface area contributed by atoms with Gasteiger partial charge in [-0.05, 0) is 97.9 Å². The number of hydrogen-bond donors (Lipinski definition) is 2. The molecule has 0 spiro atoms. The number of halogens is 1. The Bertz CT molecular complexity index is 2110. The summed E-state index contributed by atoms with van der Waals surface area (Å²) in [6.45, 7) is 15.7. The van der Waals surface area contributed by atoms with Gasteiger partial charge >= 0.3 is 11.9 Å². The number of esters is 2. The Labute approximate surface area is 397 Å². The highest BCUT2D eigenvalue weighted by Gasteiger charge is 2.56. The molecule has 19 heteroatoms. The highest BCUT2D eigenvalue weighted by molar-refractivity contribution is 7.13. The van der Waals surface area contributed by atoms with E-state index < -0.39 is 89.0 Å². The second-order valence-corrected chi connectivity index (χ2v) is 20.0. The fourth-order valence-electron chi connectivity index (χ4n) is 9.87. The number of carbonyl (C=O) groups excluding carboxylic acids is 4. The van der Waals surface area contributed by atoms with E-state index in [2.05, 4.69) is 15.0 Å². The lowest BCUT2D eigenvalue weighted by atomic mass is 9.68. The normalized spacial score (nSPS) is 36.0. The van der Waals surface area contributed by atoms with Crippen LogP contribution >= 0.6 is 11.3 Å². The van der Waals surface area contributed by atoms with Crippen LogP contribution in [0.25, 0.3) is 10.6 Å². The Morgan fingerprint density at radius 1 is 1.10 bits per heavy atom. The number of rotatable bonds is 11. The summed E-state index contributed by atoms with van der Waals surface area (Å²) < 4.78 is 55.2. The molecule has 3 aliphatic rings. The summed E-state index contributed by atoms with van der Waals surface area (Å²) in [6.07, 6.45) is -2.49. The van der Waals surface area contributed by atoms with Crippen molar-refractivity contribution in [2.45, 2.75) is 168 Å². The topological polar surface area (TPSA) is 224 Å². The van der Waals surface area contributed by atoms with Crippen LogP contribution in [0.4, 0.5) is 10.2 Å². The first-order valence-corrected chi connectivity index (χ1v) is 24.1. The van der Waals surface area contributed by atoms with Crippen LogP contribution in [0.3, 0.4) is 0 Å². The van der Waals surface area contributed by atoms with E-state index in [1.165, 1.54) is 32.1 Å². The smallest absolute Gasteiger partial charge is 0.351 e. The van der Waals surface area contributed by atoms with Crippen molar-refractivity contribution in [3.63, 3.8) is 0 Å². The van der Waals surface area contributed by atoms with Crippen molar-refractivity contribution >= 4 is 52.2 Å². The molecule has 0 unspecified atom stereocenters. The molecule has 13 atom stereocenters. The molecule has 0 radical (unpaired) electrons. The lowest BCUT2D eigenvalue weighted by molar-refractivity contribution is -0.299. The average molecular weight is 959 g/mol. The van der Waals surface area contributed by atoms with Crippen molar-refractivity contribution in [2.24, 2.45) is 33.7 Å². The monoisotopic (exact) mass is 958 g/mol. The van der Waals surface area contributed by atoms with Crippen molar-refractivity contribution in [2.75, 3.05) is 33.2 Å². The number of carbonyl (C=O) groups is 4. The standard InChI is InChI=1S/C48H71FN6O11S/c1-13-36-48(10,60)34-18-17-33(52-25-61-22-32-16-15-31(21-51-32)43-53-37(50)24-67-43)23-62-46(8,20-26(3)39(28(34)5)54-38(57)14-2)42(29(6)41(58)47(9,49)45(59)65-36)66-44-40(64-30(7)56)35(55(11)12)19-27(4)63-44/h15-16,21,24,26-29,34-36,40,42,44,60H,13-14,17-20,22-23,25,50H2,1-12H3/b52-33+,54-39+/t26-,27-,28-,29+,34-,35+,36-,40-,42-,44+,46-,47+,48+/m1/s1. The highest BCUT2D eigenvalue weighted by Crippen LogP contribution is 2.43. The molecule has 3 saturated heterocycles. The van der Waals surface area contributed by atoms with Crippen molar-refractivity contribution in [1.29, 1.82) is 0 Å². The summed E-state index contributed by atoms with van der Waals surface area (Å²) in [6, 6.07) is 3.33. The third-order valence-electron chi connectivity index (χ3n) is 13.5. The van der Waals surface area contributed by atoms with Gasteiger partial charge in [0.25, 0.3) is 5.67 Å². The molecule has 2 bridgehead atoms. The van der Waals surface area contributed by atoms with E-state index in [0.29, 0.717) is 29.4 Å². The first-order chi connectivity index (χ1) is 31.4. The number of fused-ring (bicyclic) bond motifs is 5. The maximum atomic E-state index is 17.1. The van der Waals surface area contributed by atoms with Gasteiger partial charge in [-0.3, -0.25) is 24.4 Å². The zero-order valence-corrected chi connectivity index (χ0v) is 41.9. The molecule has 5 rings (SSSR count). The van der Waals surface area contributed by atoms with Crippen molar-refractivity contribution in [3.8, 4) is 10.6 Å². The first-order valence-electron chi connectivity index (χ1n) is 23.3. The number of cyclic esters (lactones) is 1. The van der Waals surface area contributed by atoms with Crippen LogP contribution in [0, 0.1) is 23.7 Å². The Morgan fingerprint density at radius 3 is 2.42 bits per heavy atom. The first kappa shape index (κ1) is 53.8. The molecule has 2 aromatic heterocycles. The number of amides is 1. The number of nitrogen functional groups attached to an aromatic ring is 1. The van der Waals surface area contributed by atoms with E-state index in [-0.39, 0.29) is 64.0 Å². The Hall–Kier alpha value is -4.11. The lowest BCUT2D eigenvalue weighted by Gasteiger charge is -2.48. The number of ketones is 1. The van der Waals surface area contributed by atoms with Crippen LogP contribution < -0.4 is 5.73 Å². The highest BCUT2D eigenvalue weighted by atomic mass is 32.1. The minimum absolute atomic E-state index is 0.0472. The largest absolute Gasteiger partial charge is 0.457 e. The van der Waals surface area contributed by atoms with Crippen LogP contribution in [0.5, 0.6) is 0 Å². The molecule has 0 aromatic carbocycles. The van der Waals surface area contributed by atoms with Gasteiger partial charge in [-0.1, -0.05) is 34.6 Å². The van der Waals surface area contributed by atoms with E-state index in [1.807, 2.05) is 51.9 Å². The second kappa shape index (κ2) is 22.5. The van der Waals surface area contributed by atoms with E-state index in [1.54, 1.807) is 32.3 Å². The lowest BCUT2D eigenvalue weighted by Crippen LogP contribution is -2.61. The number of hydrogen-bond acceptors (Lipinski definition) is 17. The molecular weight excluding hydrogens is 888 g/mol. The van der Waals surface area contributed by atoms with Gasteiger partial charge < -0.3 is 44.2 Å². The summed E-state index contributed by atoms with van der Waals surface area (Å²) in [5, 5.41) is 15.1. The summed E-state index contributed by atoms with van der Waals surface area (Å²) in [4.78, 5) is 75.0. The summed E-state index contributed by atoms with van der Waals surface area (Å²) in [5.41, 5.74) is 1.68. The number of likely N-dealkylation sites (N-methyl/N-ethyl adjacent to an activating group) is 1. The molecule has 0 saturated carbocycles. The number of aliphatic imine (C=N–C) groups is 2. The quantitative estimate of drug-likeness (QED) is 0.143. The third-order valence-corrected chi connectivity index (χ3v) is 14.5. The summed E-state index contributed by atoms with van der Waals surface area (Å²) in [7, 11) is 3.68. The molecule has 5 heterocycles. The number of anilines is 1. The molecule has 372 valence electrons. The number of aliphatic hydroxyl groups is 1. The van der Waals surface area contributed by atoms with E-state index in [9.17, 15) is 24.3 Å². The minimum atomic E-state index is -3.21. The van der Waals surface area contributed by atoms with Gasteiger partial charge in [0.1, 0.15) is 29.3 Å². The van der Waals surface area contributed by atoms with Gasteiger partial charge in [0.2, 0.25) is 5.91 Å². The fraction of sp³-hybridized carbons (Fsp3) is 0.708.